The number of hydrogen-bond acceptors (Lipinski definition) is 3. The second-order valence-electron chi connectivity index (χ2n) is 9.34. The number of carbonyl (C=O) groups excluding carboxylic acids is 1. The number of ether oxygens (including phenoxy) is 1. The smallest absolute Gasteiger partial charge is 0.256 e. The van der Waals surface area contributed by atoms with E-state index in [4.69, 9.17) is 21.3 Å². The first-order valence-corrected chi connectivity index (χ1v) is 12.5. The van der Waals surface area contributed by atoms with Crippen molar-refractivity contribution in [1.82, 2.24) is 4.98 Å². The highest BCUT2D eigenvalue weighted by atomic mass is 35.5. The van der Waals surface area contributed by atoms with Gasteiger partial charge in [-0.05, 0) is 92.9 Å². The van der Waals surface area contributed by atoms with Gasteiger partial charge in [0.25, 0.3) is 5.91 Å². The Morgan fingerprint density at radius 2 is 1.49 bits per heavy atom. The fraction of sp³-hybridized carbons (Fsp3) is 0.125. The first kappa shape index (κ1) is 24.5. The van der Waals surface area contributed by atoms with Crippen molar-refractivity contribution in [1.29, 1.82) is 0 Å². The summed E-state index contributed by atoms with van der Waals surface area (Å²) in [4.78, 5) is 18.5. The Kier molecular flexibility index (Phi) is 6.68. The molecule has 1 amide bonds. The quantitative estimate of drug-likeness (QED) is 0.259. The average Bonchev–Trinajstić information content (AvgIpc) is 2.87. The number of pyridine rings is 1. The number of aryl methyl sites for hydroxylation is 4. The van der Waals surface area contributed by atoms with Crippen molar-refractivity contribution in [2.45, 2.75) is 27.7 Å². The Bertz CT molecular complexity index is 1600. The van der Waals surface area contributed by atoms with E-state index in [0.717, 1.165) is 50.2 Å². The van der Waals surface area contributed by atoms with E-state index in [-0.39, 0.29) is 5.91 Å². The van der Waals surface area contributed by atoms with Crippen molar-refractivity contribution in [2.24, 2.45) is 0 Å². The fourth-order valence-electron chi connectivity index (χ4n) is 4.52. The highest BCUT2D eigenvalue weighted by Gasteiger charge is 2.16. The third-order valence-electron chi connectivity index (χ3n) is 6.37. The van der Waals surface area contributed by atoms with Crippen LogP contribution < -0.4 is 10.1 Å². The summed E-state index contributed by atoms with van der Waals surface area (Å²) in [6, 6.07) is 26.9. The molecule has 0 radical (unpaired) electrons. The predicted molar refractivity (Wildman–Crippen MR) is 152 cm³/mol. The number of halogens is 1. The van der Waals surface area contributed by atoms with Gasteiger partial charge in [-0.15, -0.1) is 0 Å². The molecule has 0 unspecified atom stereocenters. The summed E-state index contributed by atoms with van der Waals surface area (Å²) >= 11 is 6.09. The third-order valence-corrected chi connectivity index (χ3v) is 6.63. The van der Waals surface area contributed by atoms with Gasteiger partial charge in [0.05, 0.1) is 16.8 Å². The van der Waals surface area contributed by atoms with Gasteiger partial charge in [0, 0.05) is 21.7 Å². The second-order valence-corrected chi connectivity index (χ2v) is 9.78. The summed E-state index contributed by atoms with van der Waals surface area (Å²) in [6.07, 6.45) is 0. The molecule has 0 saturated carbocycles. The van der Waals surface area contributed by atoms with Crippen LogP contribution in [-0.2, 0) is 0 Å². The van der Waals surface area contributed by atoms with Gasteiger partial charge in [0.2, 0.25) is 0 Å². The second kappa shape index (κ2) is 10.1. The fourth-order valence-corrected chi connectivity index (χ4v) is 4.65. The standard InChI is InChI=1S/C32H27ClN2O2/c1-19-16-22(4)30-27(17-19)28(18-29(35-30)23-8-10-24(33)11-9-23)32(36)34-25-12-14-26(15-13-25)37-31-20(2)6-5-7-21(31)3/h5-18H,1-4H3,(H,34,36). The molecule has 5 heteroatoms. The Labute approximate surface area is 221 Å². The molecule has 184 valence electrons. The molecule has 4 aromatic carbocycles. The summed E-state index contributed by atoms with van der Waals surface area (Å²) in [5, 5.41) is 4.52. The van der Waals surface area contributed by atoms with E-state index >= 15 is 0 Å². The Morgan fingerprint density at radius 3 is 2.16 bits per heavy atom. The molecule has 0 aliphatic rings. The number of benzene rings is 4. The van der Waals surface area contributed by atoms with E-state index in [0.29, 0.717) is 22.0 Å². The Balaban J connectivity index is 1.47. The Hall–Kier alpha value is -4.15. The number of aromatic nitrogens is 1. The van der Waals surface area contributed by atoms with Crippen LogP contribution in [0.2, 0.25) is 5.02 Å². The number of rotatable bonds is 5. The molecule has 0 spiro atoms. The molecule has 0 fully saturated rings. The van der Waals surface area contributed by atoms with Gasteiger partial charge >= 0.3 is 0 Å². The minimum absolute atomic E-state index is 0.198. The number of nitrogens with zero attached hydrogens (tertiary/aromatic N) is 1. The molecular weight excluding hydrogens is 480 g/mol. The van der Waals surface area contributed by atoms with Gasteiger partial charge in [-0.25, -0.2) is 4.98 Å². The molecule has 0 atom stereocenters. The van der Waals surface area contributed by atoms with E-state index in [1.807, 2.05) is 107 Å². The first-order valence-electron chi connectivity index (χ1n) is 12.1. The van der Waals surface area contributed by atoms with Crippen LogP contribution in [0.1, 0.15) is 32.6 Å². The van der Waals surface area contributed by atoms with Crippen LogP contribution in [0, 0.1) is 27.7 Å². The predicted octanol–water partition coefficient (Wildman–Crippen LogP) is 8.83. The molecule has 4 nitrogen and oxygen atoms in total. The number of amides is 1. The lowest BCUT2D eigenvalue weighted by atomic mass is 9.99. The summed E-state index contributed by atoms with van der Waals surface area (Å²) < 4.78 is 6.11. The molecule has 1 aromatic heterocycles. The van der Waals surface area contributed by atoms with Crippen LogP contribution in [0.25, 0.3) is 22.2 Å². The number of nitrogens with one attached hydrogen (secondary N) is 1. The van der Waals surface area contributed by atoms with Crippen LogP contribution in [0.5, 0.6) is 11.5 Å². The minimum atomic E-state index is -0.198. The van der Waals surface area contributed by atoms with Crippen molar-refractivity contribution in [3.8, 4) is 22.8 Å². The SMILES string of the molecule is Cc1cc(C)c2nc(-c3ccc(Cl)cc3)cc(C(=O)Nc3ccc(Oc4c(C)cccc4C)cc3)c2c1. The van der Waals surface area contributed by atoms with Crippen LogP contribution in [0.4, 0.5) is 5.69 Å². The summed E-state index contributed by atoms with van der Waals surface area (Å²) in [5.41, 5.74) is 7.92. The molecule has 37 heavy (non-hydrogen) atoms. The lowest BCUT2D eigenvalue weighted by Gasteiger charge is -2.14. The molecule has 0 aliphatic heterocycles. The van der Waals surface area contributed by atoms with Crippen molar-refractivity contribution in [3.05, 3.63) is 118 Å². The van der Waals surface area contributed by atoms with E-state index in [1.165, 1.54) is 0 Å². The maximum Gasteiger partial charge on any atom is 0.256 e. The van der Waals surface area contributed by atoms with Gasteiger partial charge in [-0.2, -0.15) is 0 Å². The summed E-state index contributed by atoms with van der Waals surface area (Å²) in [5.74, 6) is 1.36. The van der Waals surface area contributed by atoms with Crippen molar-refractivity contribution >= 4 is 34.1 Å². The molecule has 1 heterocycles. The number of carbonyl (C=O) groups is 1. The van der Waals surface area contributed by atoms with Crippen molar-refractivity contribution < 1.29 is 9.53 Å². The van der Waals surface area contributed by atoms with E-state index < -0.39 is 0 Å². The zero-order chi connectivity index (χ0) is 26.1. The number of para-hydroxylation sites is 1. The Morgan fingerprint density at radius 1 is 0.811 bits per heavy atom. The molecule has 5 aromatic rings. The molecule has 1 N–H and O–H groups in total. The van der Waals surface area contributed by atoms with Crippen molar-refractivity contribution in [3.63, 3.8) is 0 Å². The van der Waals surface area contributed by atoms with Crippen molar-refractivity contribution in [2.75, 3.05) is 5.32 Å². The van der Waals surface area contributed by atoms with Crippen LogP contribution in [-0.4, -0.2) is 10.9 Å². The lowest BCUT2D eigenvalue weighted by Crippen LogP contribution is -2.13. The number of hydrogen-bond donors (Lipinski definition) is 1. The van der Waals surface area contributed by atoms with E-state index in [2.05, 4.69) is 11.4 Å². The van der Waals surface area contributed by atoms with Gasteiger partial charge in [0.15, 0.2) is 0 Å². The number of anilines is 1. The number of fused-ring (bicyclic) bond motifs is 1. The maximum absolute atomic E-state index is 13.6. The molecule has 0 saturated heterocycles. The van der Waals surface area contributed by atoms with Crippen LogP contribution in [0.15, 0.2) is 84.9 Å². The normalized spacial score (nSPS) is 10.9. The molecular formula is C32H27ClN2O2. The first-order chi connectivity index (χ1) is 17.8. The molecule has 0 aliphatic carbocycles. The monoisotopic (exact) mass is 506 g/mol. The molecule has 5 rings (SSSR count). The van der Waals surface area contributed by atoms with Crippen LogP contribution in [0.3, 0.4) is 0 Å². The highest BCUT2D eigenvalue weighted by molar-refractivity contribution is 6.30. The van der Waals surface area contributed by atoms with Gasteiger partial charge in [0.1, 0.15) is 11.5 Å². The van der Waals surface area contributed by atoms with E-state index in [9.17, 15) is 4.79 Å². The minimum Gasteiger partial charge on any atom is -0.457 e. The maximum atomic E-state index is 13.6. The molecule has 0 bridgehead atoms. The zero-order valence-electron chi connectivity index (χ0n) is 21.2. The largest absolute Gasteiger partial charge is 0.457 e. The van der Waals surface area contributed by atoms with Gasteiger partial charge in [-0.1, -0.05) is 53.6 Å². The van der Waals surface area contributed by atoms with Gasteiger partial charge in [-0.3, -0.25) is 4.79 Å². The van der Waals surface area contributed by atoms with E-state index in [1.54, 1.807) is 0 Å². The summed E-state index contributed by atoms with van der Waals surface area (Å²) in [7, 11) is 0. The highest BCUT2D eigenvalue weighted by Crippen LogP contribution is 2.31. The van der Waals surface area contributed by atoms with Gasteiger partial charge < -0.3 is 10.1 Å². The lowest BCUT2D eigenvalue weighted by molar-refractivity contribution is 0.102. The van der Waals surface area contributed by atoms with Crippen LogP contribution >= 0.6 is 11.6 Å². The third kappa shape index (κ3) is 5.20. The topological polar surface area (TPSA) is 51.2 Å². The average molecular weight is 507 g/mol. The summed E-state index contributed by atoms with van der Waals surface area (Å²) in [6.45, 7) is 8.09. The zero-order valence-corrected chi connectivity index (χ0v) is 22.0.